The van der Waals surface area contributed by atoms with Gasteiger partial charge in [0, 0.05) is 23.3 Å². The van der Waals surface area contributed by atoms with Crippen LogP contribution in [0, 0.1) is 0 Å². The maximum Gasteiger partial charge on any atom is 0.390 e. The third-order valence-electron chi connectivity index (χ3n) is 5.54. The Bertz CT molecular complexity index is 1050. The first kappa shape index (κ1) is 25.2. The minimum Gasteiger partial charge on any atom is -0.481 e. The van der Waals surface area contributed by atoms with E-state index >= 15 is 0 Å². The normalized spacial score (nSPS) is 17.7. The highest BCUT2D eigenvalue weighted by Crippen LogP contribution is 2.56. The van der Waals surface area contributed by atoms with Crippen LogP contribution in [-0.4, -0.2) is 29.1 Å². The lowest BCUT2D eigenvalue weighted by Gasteiger charge is -2.47. The van der Waals surface area contributed by atoms with Crippen molar-refractivity contribution >= 4 is 40.8 Å². The van der Waals surface area contributed by atoms with E-state index in [0.717, 1.165) is 0 Å². The van der Waals surface area contributed by atoms with E-state index in [1.807, 2.05) is 0 Å². The van der Waals surface area contributed by atoms with E-state index < -0.39 is 61.0 Å². The highest BCUT2D eigenvalue weighted by molar-refractivity contribution is 6.33. The Morgan fingerprint density at radius 2 is 1.67 bits per heavy atom. The molecule has 0 radical (unpaired) electrons. The van der Waals surface area contributed by atoms with E-state index in [0.29, 0.717) is 0 Å². The topological polar surface area (TPSA) is 66.4 Å². The second-order valence-corrected chi connectivity index (χ2v) is 9.01. The van der Waals surface area contributed by atoms with Gasteiger partial charge in [-0.3, -0.25) is 9.59 Å². The molecule has 33 heavy (non-hydrogen) atoms. The maximum absolute atomic E-state index is 13.6. The molecule has 0 spiro atoms. The molecule has 0 aromatic heterocycles. The van der Waals surface area contributed by atoms with Crippen LogP contribution >= 0.6 is 23.2 Å². The summed E-state index contributed by atoms with van der Waals surface area (Å²) in [6.07, 6.45) is -8.09. The van der Waals surface area contributed by atoms with Crippen LogP contribution < -0.4 is 5.32 Å². The third kappa shape index (κ3) is 6.14. The van der Waals surface area contributed by atoms with Gasteiger partial charge < -0.3 is 10.4 Å². The van der Waals surface area contributed by atoms with Crippen molar-refractivity contribution in [1.82, 2.24) is 0 Å². The first-order chi connectivity index (χ1) is 15.2. The summed E-state index contributed by atoms with van der Waals surface area (Å²) >= 11 is 11.9. The average molecular weight is 510 g/mol. The summed E-state index contributed by atoms with van der Waals surface area (Å²) in [5, 5.41) is 11.8. The molecule has 0 unspecified atom stereocenters. The van der Waals surface area contributed by atoms with Gasteiger partial charge in [-0.15, -0.1) is 0 Å². The van der Waals surface area contributed by atoms with Crippen molar-refractivity contribution < 1.29 is 36.6 Å². The number of halogens is 7. The number of amides is 1. The molecule has 1 aliphatic rings. The van der Waals surface area contributed by atoms with Gasteiger partial charge in [-0.2, -0.15) is 13.2 Å². The molecule has 3 rings (SSSR count). The van der Waals surface area contributed by atoms with Gasteiger partial charge in [-0.1, -0.05) is 41.4 Å². The Balaban J connectivity index is 1.91. The Morgan fingerprint density at radius 1 is 1.06 bits per heavy atom. The monoisotopic (exact) mass is 509 g/mol. The number of carboxylic acid groups (broad SMARTS) is 1. The number of carboxylic acids is 1. The van der Waals surface area contributed by atoms with Crippen LogP contribution in [0.25, 0.3) is 0 Å². The predicted molar refractivity (Wildman–Crippen MR) is 113 cm³/mol. The molecule has 2 aromatic carbocycles. The molecular weight excluding hydrogens is 492 g/mol. The molecule has 0 saturated heterocycles. The van der Waals surface area contributed by atoms with Gasteiger partial charge in [-0.25, -0.2) is 8.78 Å². The molecule has 1 atom stereocenters. The van der Waals surface area contributed by atoms with Crippen LogP contribution in [0.2, 0.25) is 10.0 Å². The Kier molecular flexibility index (Phi) is 6.96. The maximum atomic E-state index is 13.6. The average Bonchev–Trinajstić information content (AvgIpc) is 2.65. The molecule has 2 N–H and O–H groups in total. The van der Waals surface area contributed by atoms with Crippen molar-refractivity contribution in [3.05, 3.63) is 63.6 Å². The first-order valence-electron chi connectivity index (χ1n) is 9.72. The zero-order chi connectivity index (χ0) is 24.6. The van der Waals surface area contributed by atoms with Crippen molar-refractivity contribution in [2.24, 2.45) is 0 Å². The largest absolute Gasteiger partial charge is 0.481 e. The number of carbonyl (C=O) groups excluding carboxylic acids is 1. The minimum atomic E-state index is -4.66. The van der Waals surface area contributed by atoms with Gasteiger partial charge in [0.25, 0.3) is 0 Å². The molecular formula is C22H18Cl2F5NO3. The Morgan fingerprint density at radius 3 is 2.18 bits per heavy atom. The molecule has 0 heterocycles. The highest BCUT2D eigenvalue weighted by atomic mass is 35.5. The van der Waals surface area contributed by atoms with Crippen molar-refractivity contribution in [3.8, 4) is 0 Å². The van der Waals surface area contributed by atoms with Crippen molar-refractivity contribution in [2.45, 2.75) is 49.1 Å². The zero-order valence-electron chi connectivity index (χ0n) is 16.9. The number of nitrogens with one attached hydrogen (secondary N) is 1. The van der Waals surface area contributed by atoms with Gasteiger partial charge in [0.05, 0.1) is 29.5 Å². The number of alkyl halides is 5. The van der Waals surface area contributed by atoms with Gasteiger partial charge in [0.1, 0.15) is 0 Å². The molecule has 1 saturated carbocycles. The Hall–Kier alpha value is -2.39. The van der Waals surface area contributed by atoms with Gasteiger partial charge in [-0.05, 0) is 35.4 Å². The smallest absolute Gasteiger partial charge is 0.390 e. The molecule has 11 heteroatoms. The summed E-state index contributed by atoms with van der Waals surface area (Å²) in [4.78, 5) is 24.1. The van der Waals surface area contributed by atoms with E-state index in [1.165, 1.54) is 42.5 Å². The lowest BCUT2D eigenvalue weighted by atomic mass is 9.60. The summed E-state index contributed by atoms with van der Waals surface area (Å²) in [5.74, 6) is -6.95. The summed E-state index contributed by atoms with van der Waals surface area (Å²) in [5.41, 5.74) is -1.20. The molecule has 1 aliphatic carbocycles. The predicted octanol–water partition coefficient (Wildman–Crippen LogP) is 6.81. The van der Waals surface area contributed by atoms with Crippen molar-refractivity contribution in [1.29, 1.82) is 0 Å². The molecule has 0 aliphatic heterocycles. The van der Waals surface area contributed by atoms with E-state index in [4.69, 9.17) is 23.2 Å². The van der Waals surface area contributed by atoms with E-state index in [9.17, 15) is 36.6 Å². The lowest BCUT2D eigenvalue weighted by molar-refractivity contribution is -0.153. The molecule has 178 valence electrons. The summed E-state index contributed by atoms with van der Waals surface area (Å²) in [6, 6.07) is 9.21. The number of carbonyl (C=O) groups is 2. The fourth-order valence-corrected chi connectivity index (χ4v) is 4.41. The Labute approximate surface area is 195 Å². The van der Waals surface area contributed by atoms with Crippen molar-refractivity contribution in [3.63, 3.8) is 0 Å². The fraction of sp³-hybridized carbons (Fsp3) is 0.364. The summed E-state index contributed by atoms with van der Waals surface area (Å²) < 4.78 is 66.7. The molecule has 4 nitrogen and oxygen atoms in total. The molecule has 1 fully saturated rings. The molecule has 2 aromatic rings. The van der Waals surface area contributed by atoms with Crippen LogP contribution in [0.15, 0.2) is 42.5 Å². The minimum absolute atomic E-state index is 0.0366. The van der Waals surface area contributed by atoms with E-state index in [1.54, 1.807) is 0 Å². The summed E-state index contributed by atoms with van der Waals surface area (Å²) in [7, 11) is 0. The van der Waals surface area contributed by atoms with Crippen LogP contribution in [0.3, 0.4) is 0 Å². The fourth-order valence-electron chi connectivity index (χ4n) is 4.12. The van der Waals surface area contributed by atoms with Crippen LogP contribution in [-0.2, 0) is 15.0 Å². The SMILES string of the molecule is O=C(O)CC1(c2ccc(Cl)c(NC(=O)[C@@H](CC(F)(F)F)c3ccc(Cl)cc3)c2)CC(F)(F)C1. The third-order valence-corrected chi connectivity index (χ3v) is 6.13. The lowest BCUT2D eigenvalue weighted by Crippen LogP contribution is -2.50. The van der Waals surface area contributed by atoms with Gasteiger partial charge >= 0.3 is 12.1 Å². The molecule has 0 bridgehead atoms. The summed E-state index contributed by atoms with van der Waals surface area (Å²) in [6.45, 7) is 0. The van der Waals surface area contributed by atoms with Crippen molar-refractivity contribution in [2.75, 3.05) is 5.32 Å². The number of anilines is 1. The van der Waals surface area contributed by atoms with Crippen LogP contribution in [0.1, 0.15) is 42.7 Å². The molecule has 1 amide bonds. The number of hydrogen-bond donors (Lipinski definition) is 2. The van der Waals surface area contributed by atoms with E-state index in [2.05, 4.69) is 5.32 Å². The standard InChI is InChI=1S/C22H18Cl2F5NO3/c23-14-4-1-12(2-5-14)15(8-22(27,28)29)19(33)30-17-7-13(3-6-16(17)24)20(9-18(31)32)10-21(25,26)11-20/h1-7,15H,8-11H2,(H,30,33)(H,31,32)/t15-/m0/s1. The number of aliphatic carboxylic acids is 1. The quantitative estimate of drug-likeness (QED) is 0.403. The number of benzene rings is 2. The highest BCUT2D eigenvalue weighted by Gasteiger charge is 2.58. The second-order valence-electron chi connectivity index (χ2n) is 8.17. The zero-order valence-corrected chi connectivity index (χ0v) is 18.4. The van der Waals surface area contributed by atoms with Crippen LogP contribution in [0.4, 0.5) is 27.6 Å². The first-order valence-corrected chi connectivity index (χ1v) is 10.5. The van der Waals surface area contributed by atoms with Gasteiger partial charge in [0.15, 0.2) is 0 Å². The number of rotatable bonds is 7. The van der Waals surface area contributed by atoms with Crippen LogP contribution in [0.5, 0.6) is 0 Å². The second kappa shape index (κ2) is 9.10. The van der Waals surface area contributed by atoms with E-state index in [-0.39, 0.29) is 26.9 Å². The van der Waals surface area contributed by atoms with Gasteiger partial charge in [0.2, 0.25) is 11.8 Å². The number of hydrogen-bond acceptors (Lipinski definition) is 2.